The van der Waals surface area contributed by atoms with Crippen molar-refractivity contribution in [1.29, 1.82) is 0 Å². The summed E-state index contributed by atoms with van der Waals surface area (Å²) in [6.45, 7) is 0.138. The van der Waals surface area contributed by atoms with Crippen LogP contribution in [0.4, 0.5) is 18.9 Å². The first kappa shape index (κ1) is 23.2. The van der Waals surface area contributed by atoms with Crippen molar-refractivity contribution >= 4 is 17.5 Å². The number of rotatable bonds is 9. The molecule has 0 atom stereocenters. The lowest BCUT2D eigenvalue weighted by atomic mass is 10.1. The van der Waals surface area contributed by atoms with Gasteiger partial charge in [0.2, 0.25) is 11.8 Å². The quantitative estimate of drug-likeness (QED) is 0.651. The molecule has 0 aliphatic heterocycles. The predicted molar refractivity (Wildman–Crippen MR) is 107 cm³/mol. The van der Waals surface area contributed by atoms with Gasteiger partial charge in [-0.3, -0.25) is 14.5 Å². The van der Waals surface area contributed by atoms with E-state index in [9.17, 15) is 22.8 Å². The van der Waals surface area contributed by atoms with Crippen molar-refractivity contribution in [2.75, 3.05) is 39.1 Å². The van der Waals surface area contributed by atoms with Crippen molar-refractivity contribution in [2.24, 2.45) is 0 Å². The normalized spacial score (nSPS) is 11.3. The number of hydrogen-bond donors (Lipinski definition) is 2. The molecule has 0 aromatic heterocycles. The van der Waals surface area contributed by atoms with E-state index in [0.29, 0.717) is 13.0 Å². The number of para-hydroxylation sites is 1. The highest BCUT2D eigenvalue weighted by molar-refractivity contribution is 5.93. The van der Waals surface area contributed by atoms with Crippen LogP contribution in [0.15, 0.2) is 48.5 Å². The predicted octanol–water partition coefficient (Wildman–Crippen LogP) is 2.94. The Morgan fingerprint density at radius 1 is 1.00 bits per heavy atom. The van der Waals surface area contributed by atoms with Crippen LogP contribution < -0.4 is 15.4 Å². The average molecular weight is 423 g/mol. The lowest BCUT2D eigenvalue weighted by Gasteiger charge is -2.17. The highest BCUT2D eigenvalue weighted by atomic mass is 19.4. The van der Waals surface area contributed by atoms with E-state index >= 15 is 0 Å². The molecule has 0 heterocycles. The minimum atomic E-state index is -4.57. The van der Waals surface area contributed by atoms with Crippen LogP contribution in [0.25, 0.3) is 0 Å². The molecule has 2 N–H and O–H groups in total. The Hall–Kier alpha value is -3.07. The van der Waals surface area contributed by atoms with Crippen molar-refractivity contribution in [2.45, 2.75) is 12.6 Å². The molecular formula is C21H24F3N3O3. The fourth-order valence-corrected chi connectivity index (χ4v) is 2.77. The van der Waals surface area contributed by atoms with Crippen LogP contribution >= 0.6 is 0 Å². The van der Waals surface area contributed by atoms with Crippen molar-refractivity contribution in [3.63, 3.8) is 0 Å². The van der Waals surface area contributed by atoms with Gasteiger partial charge in [0, 0.05) is 6.54 Å². The number of carbonyl (C=O) groups is 2. The van der Waals surface area contributed by atoms with E-state index in [1.807, 2.05) is 24.3 Å². The van der Waals surface area contributed by atoms with Gasteiger partial charge in [-0.2, -0.15) is 13.2 Å². The average Bonchev–Trinajstić information content (AvgIpc) is 2.67. The SMILES string of the molecule is COc1ccc(CCNC(=O)CN(C)CC(=O)Nc2ccccc2C(F)(F)F)cc1. The molecule has 0 aliphatic carbocycles. The zero-order valence-electron chi connectivity index (χ0n) is 16.8. The highest BCUT2D eigenvalue weighted by Gasteiger charge is 2.33. The standard InChI is InChI=1S/C21H24F3N3O3/c1-27(13-19(28)25-12-11-15-7-9-16(30-2)10-8-15)14-20(29)26-18-6-4-3-5-17(18)21(22,23)24/h3-10H,11-14H2,1-2H3,(H,25,28)(H,26,29). The molecule has 9 heteroatoms. The Labute approximate surface area is 173 Å². The minimum absolute atomic E-state index is 0.0586. The van der Waals surface area contributed by atoms with Crippen molar-refractivity contribution in [1.82, 2.24) is 10.2 Å². The van der Waals surface area contributed by atoms with Gasteiger partial charge in [-0.05, 0) is 43.3 Å². The fourth-order valence-electron chi connectivity index (χ4n) is 2.77. The lowest BCUT2D eigenvalue weighted by Crippen LogP contribution is -2.39. The van der Waals surface area contributed by atoms with Gasteiger partial charge in [0.25, 0.3) is 0 Å². The third kappa shape index (κ3) is 7.40. The topological polar surface area (TPSA) is 70.7 Å². The fraction of sp³-hybridized carbons (Fsp3) is 0.333. The van der Waals surface area contributed by atoms with Gasteiger partial charge >= 0.3 is 6.18 Å². The summed E-state index contributed by atoms with van der Waals surface area (Å²) in [5.41, 5.74) is -0.197. The molecule has 2 aromatic rings. The Bertz CT molecular complexity index is 855. The number of ether oxygens (including phenoxy) is 1. The molecular weight excluding hydrogens is 399 g/mol. The maximum atomic E-state index is 13.0. The number of halogens is 3. The van der Waals surface area contributed by atoms with E-state index in [1.54, 1.807) is 7.11 Å². The number of benzene rings is 2. The molecule has 0 bridgehead atoms. The summed E-state index contributed by atoms with van der Waals surface area (Å²) >= 11 is 0. The van der Waals surface area contributed by atoms with E-state index in [-0.39, 0.29) is 24.7 Å². The van der Waals surface area contributed by atoms with E-state index < -0.39 is 17.6 Å². The van der Waals surface area contributed by atoms with E-state index in [0.717, 1.165) is 17.4 Å². The zero-order chi connectivity index (χ0) is 22.1. The third-order valence-electron chi connectivity index (χ3n) is 4.23. The molecule has 2 aromatic carbocycles. The maximum absolute atomic E-state index is 13.0. The molecule has 6 nitrogen and oxygen atoms in total. The molecule has 162 valence electrons. The Kier molecular flexibility index (Phi) is 8.23. The van der Waals surface area contributed by atoms with Crippen LogP contribution in [0.5, 0.6) is 5.75 Å². The molecule has 2 rings (SSSR count). The number of anilines is 1. The molecule has 2 amide bonds. The number of alkyl halides is 3. The first-order chi connectivity index (χ1) is 14.2. The van der Waals surface area contributed by atoms with Crippen molar-refractivity contribution < 1.29 is 27.5 Å². The number of amides is 2. The van der Waals surface area contributed by atoms with Crippen LogP contribution in [0.2, 0.25) is 0 Å². The smallest absolute Gasteiger partial charge is 0.418 e. The Morgan fingerprint density at radius 3 is 2.27 bits per heavy atom. The van der Waals surface area contributed by atoms with Crippen LogP contribution in [-0.4, -0.2) is 50.5 Å². The first-order valence-corrected chi connectivity index (χ1v) is 9.23. The molecule has 0 fully saturated rings. The molecule has 0 saturated heterocycles. The molecule has 0 spiro atoms. The molecule has 0 aliphatic rings. The largest absolute Gasteiger partial charge is 0.497 e. The zero-order valence-corrected chi connectivity index (χ0v) is 16.8. The summed E-state index contributed by atoms with van der Waals surface area (Å²) in [5, 5.41) is 5.00. The number of likely N-dealkylation sites (N-methyl/N-ethyl adjacent to an activating group) is 1. The number of methoxy groups -OCH3 is 1. The second kappa shape index (κ2) is 10.6. The van der Waals surface area contributed by atoms with Gasteiger partial charge in [-0.1, -0.05) is 24.3 Å². The molecule has 30 heavy (non-hydrogen) atoms. The van der Waals surface area contributed by atoms with Crippen molar-refractivity contribution in [3.05, 3.63) is 59.7 Å². The Balaban J connectivity index is 1.76. The van der Waals surface area contributed by atoms with Crippen LogP contribution in [-0.2, 0) is 22.2 Å². The summed E-state index contributed by atoms with van der Waals surface area (Å²) in [5.74, 6) is -0.171. The molecule has 0 unspecified atom stereocenters. The van der Waals surface area contributed by atoms with E-state index in [1.165, 1.54) is 30.1 Å². The first-order valence-electron chi connectivity index (χ1n) is 9.23. The third-order valence-corrected chi connectivity index (χ3v) is 4.23. The van der Waals surface area contributed by atoms with Gasteiger partial charge < -0.3 is 15.4 Å². The van der Waals surface area contributed by atoms with E-state index in [4.69, 9.17) is 4.74 Å². The van der Waals surface area contributed by atoms with Gasteiger partial charge in [-0.15, -0.1) is 0 Å². The second-order valence-electron chi connectivity index (χ2n) is 6.71. The number of nitrogens with one attached hydrogen (secondary N) is 2. The summed E-state index contributed by atoms with van der Waals surface area (Å²) in [6, 6.07) is 12.2. The molecule has 0 saturated carbocycles. The van der Waals surface area contributed by atoms with Crippen molar-refractivity contribution in [3.8, 4) is 5.75 Å². The van der Waals surface area contributed by atoms with Crippen LogP contribution in [0.1, 0.15) is 11.1 Å². The van der Waals surface area contributed by atoms with Gasteiger partial charge in [-0.25, -0.2) is 0 Å². The number of carbonyl (C=O) groups excluding carboxylic acids is 2. The summed E-state index contributed by atoms with van der Waals surface area (Å²) in [6.07, 6.45) is -3.94. The van der Waals surface area contributed by atoms with Crippen LogP contribution in [0, 0.1) is 0 Å². The van der Waals surface area contributed by atoms with Gasteiger partial charge in [0.05, 0.1) is 31.5 Å². The minimum Gasteiger partial charge on any atom is -0.497 e. The van der Waals surface area contributed by atoms with Gasteiger partial charge in [0.15, 0.2) is 0 Å². The maximum Gasteiger partial charge on any atom is 0.418 e. The van der Waals surface area contributed by atoms with E-state index in [2.05, 4.69) is 10.6 Å². The summed E-state index contributed by atoms with van der Waals surface area (Å²) in [4.78, 5) is 25.5. The summed E-state index contributed by atoms with van der Waals surface area (Å²) in [7, 11) is 3.12. The van der Waals surface area contributed by atoms with Gasteiger partial charge in [0.1, 0.15) is 5.75 Å². The molecule has 0 radical (unpaired) electrons. The summed E-state index contributed by atoms with van der Waals surface area (Å²) < 4.78 is 44.1. The lowest BCUT2D eigenvalue weighted by molar-refractivity contribution is -0.137. The highest BCUT2D eigenvalue weighted by Crippen LogP contribution is 2.34. The number of hydrogen-bond acceptors (Lipinski definition) is 4. The number of nitrogens with zero attached hydrogens (tertiary/aromatic N) is 1. The van der Waals surface area contributed by atoms with Crippen LogP contribution in [0.3, 0.4) is 0 Å². The monoisotopic (exact) mass is 423 g/mol. The Morgan fingerprint density at radius 2 is 1.63 bits per heavy atom. The second-order valence-corrected chi connectivity index (χ2v) is 6.71.